The lowest BCUT2D eigenvalue weighted by Gasteiger charge is -2.26. The van der Waals surface area contributed by atoms with Crippen LogP contribution < -0.4 is 11.1 Å². The summed E-state index contributed by atoms with van der Waals surface area (Å²) in [6.45, 7) is 2.55. The molecule has 3 N–H and O–H groups in total. The summed E-state index contributed by atoms with van der Waals surface area (Å²) in [4.78, 5) is 0. The molecule has 118 valence electrons. The molecule has 21 heavy (non-hydrogen) atoms. The Morgan fingerprint density at radius 1 is 1.19 bits per heavy atom. The third kappa shape index (κ3) is 4.37. The lowest BCUT2D eigenvalue weighted by Crippen LogP contribution is -2.29. The molecule has 0 atom stereocenters. The van der Waals surface area contributed by atoms with Gasteiger partial charge in [0.05, 0.1) is 5.56 Å². The lowest BCUT2D eigenvalue weighted by atomic mass is 9.86. The summed E-state index contributed by atoms with van der Waals surface area (Å²) in [5.74, 6) is 0.567. The second-order valence-corrected chi connectivity index (χ2v) is 5.88. The maximum Gasteiger partial charge on any atom is 0.416 e. The molecule has 1 fully saturated rings. The summed E-state index contributed by atoms with van der Waals surface area (Å²) in [7, 11) is 0. The van der Waals surface area contributed by atoms with Gasteiger partial charge in [0.2, 0.25) is 0 Å². The predicted molar refractivity (Wildman–Crippen MR) is 79.2 cm³/mol. The van der Waals surface area contributed by atoms with Gasteiger partial charge >= 0.3 is 6.18 Å². The molecule has 2 rings (SSSR count). The standard InChI is InChI=1S/C16H23F3N2/c1-2-12-9-14(7-8-15(12)16(17,18)19)21-10-11-3-5-13(20)6-4-11/h7-9,11,13,21H,2-6,10,20H2,1H3/t11-,13-. The zero-order valence-electron chi connectivity index (χ0n) is 12.3. The molecule has 0 amide bonds. The van der Waals surface area contributed by atoms with Crippen LogP contribution in [0, 0.1) is 5.92 Å². The van der Waals surface area contributed by atoms with Crippen LogP contribution in [0.15, 0.2) is 18.2 Å². The zero-order chi connectivity index (χ0) is 15.5. The molecule has 0 aromatic heterocycles. The van der Waals surface area contributed by atoms with E-state index in [2.05, 4.69) is 5.32 Å². The Bertz CT molecular complexity index is 463. The van der Waals surface area contributed by atoms with E-state index in [0.717, 1.165) is 37.9 Å². The minimum Gasteiger partial charge on any atom is -0.385 e. The van der Waals surface area contributed by atoms with Crippen LogP contribution in [-0.2, 0) is 12.6 Å². The minimum atomic E-state index is -4.27. The van der Waals surface area contributed by atoms with Crippen LogP contribution >= 0.6 is 0 Å². The van der Waals surface area contributed by atoms with Gasteiger partial charge < -0.3 is 11.1 Å². The Labute approximate surface area is 123 Å². The van der Waals surface area contributed by atoms with E-state index < -0.39 is 11.7 Å². The van der Waals surface area contributed by atoms with E-state index >= 15 is 0 Å². The molecule has 0 heterocycles. The van der Waals surface area contributed by atoms with E-state index in [9.17, 15) is 13.2 Å². The van der Waals surface area contributed by atoms with Gasteiger partial charge in [0.25, 0.3) is 0 Å². The summed E-state index contributed by atoms with van der Waals surface area (Å²) in [6, 6.07) is 4.64. The second-order valence-electron chi connectivity index (χ2n) is 5.88. The van der Waals surface area contributed by atoms with Crippen molar-refractivity contribution in [2.45, 2.75) is 51.2 Å². The molecule has 0 spiro atoms. The highest BCUT2D eigenvalue weighted by Gasteiger charge is 2.32. The summed E-state index contributed by atoms with van der Waals surface area (Å²) in [5.41, 5.74) is 6.46. The number of aryl methyl sites for hydroxylation is 1. The third-order valence-corrected chi connectivity index (χ3v) is 4.28. The number of benzene rings is 1. The van der Waals surface area contributed by atoms with E-state index in [4.69, 9.17) is 5.73 Å². The number of rotatable bonds is 4. The first-order chi connectivity index (χ1) is 9.90. The number of nitrogens with two attached hydrogens (primary N) is 1. The second kappa shape index (κ2) is 6.69. The average molecular weight is 300 g/mol. The molecular weight excluding hydrogens is 277 g/mol. The summed E-state index contributed by atoms with van der Waals surface area (Å²) < 4.78 is 38.5. The molecule has 0 unspecified atom stereocenters. The van der Waals surface area contributed by atoms with E-state index in [1.165, 1.54) is 12.1 Å². The molecule has 1 aromatic carbocycles. The largest absolute Gasteiger partial charge is 0.416 e. The van der Waals surface area contributed by atoms with E-state index in [1.807, 2.05) is 0 Å². The number of halogens is 3. The molecule has 0 saturated heterocycles. The Balaban J connectivity index is 1.98. The first-order valence-electron chi connectivity index (χ1n) is 7.59. The van der Waals surface area contributed by atoms with Crippen molar-refractivity contribution in [1.29, 1.82) is 0 Å². The van der Waals surface area contributed by atoms with Crippen molar-refractivity contribution < 1.29 is 13.2 Å². The Morgan fingerprint density at radius 3 is 2.43 bits per heavy atom. The van der Waals surface area contributed by atoms with Crippen molar-refractivity contribution in [1.82, 2.24) is 0 Å². The summed E-state index contributed by atoms with van der Waals surface area (Å²) >= 11 is 0. The van der Waals surface area contributed by atoms with Gasteiger partial charge in [-0.2, -0.15) is 13.2 Å². The first kappa shape index (κ1) is 16.1. The van der Waals surface area contributed by atoms with Crippen LogP contribution in [0.5, 0.6) is 0 Å². The van der Waals surface area contributed by atoms with Gasteiger partial charge in [0.1, 0.15) is 0 Å². The average Bonchev–Trinajstić information content (AvgIpc) is 2.45. The van der Waals surface area contributed by atoms with Crippen LogP contribution in [0.3, 0.4) is 0 Å². The van der Waals surface area contributed by atoms with Crippen molar-refractivity contribution in [2.24, 2.45) is 11.7 Å². The van der Waals surface area contributed by atoms with Crippen LogP contribution in [0.2, 0.25) is 0 Å². The maximum atomic E-state index is 12.8. The van der Waals surface area contributed by atoms with Crippen molar-refractivity contribution in [3.63, 3.8) is 0 Å². The molecule has 0 radical (unpaired) electrons. The highest BCUT2D eigenvalue weighted by Crippen LogP contribution is 2.33. The minimum absolute atomic E-state index is 0.319. The Hall–Kier alpha value is -1.23. The fraction of sp³-hybridized carbons (Fsp3) is 0.625. The lowest BCUT2D eigenvalue weighted by molar-refractivity contribution is -0.138. The van der Waals surface area contributed by atoms with Gasteiger partial charge in [-0.05, 0) is 61.8 Å². The number of hydrogen-bond acceptors (Lipinski definition) is 2. The van der Waals surface area contributed by atoms with Gasteiger partial charge in [0, 0.05) is 18.3 Å². The number of hydrogen-bond donors (Lipinski definition) is 2. The number of alkyl halides is 3. The topological polar surface area (TPSA) is 38.0 Å². The van der Waals surface area contributed by atoms with Gasteiger partial charge in [-0.15, -0.1) is 0 Å². The molecular formula is C16H23F3N2. The Morgan fingerprint density at radius 2 is 1.86 bits per heavy atom. The van der Waals surface area contributed by atoms with Gasteiger partial charge in [-0.25, -0.2) is 0 Å². The molecule has 5 heteroatoms. The highest BCUT2D eigenvalue weighted by atomic mass is 19.4. The molecule has 2 nitrogen and oxygen atoms in total. The molecule has 1 aliphatic rings. The van der Waals surface area contributed by atoms with Crippen molar-refractivity contribution >= 4 is 5.69 Å². The van der Waals surface area contributed by atoms with Crippen LogP contribution in [-0.4, -0.2) is 12.6 Å². The van der Waals surface area contributed by atoms with Crippen molar-refractivity contribution in [3.8, 4) is 0 Å². The normalized spacial score (nSPS) is 23.1. The number of nitrogens with one attached hydrogen (secondary N) is 1. The van der Waals surface area contributed by atoms with E-state index in [-0.39, 0.29) is 0 Å². The summed E-state index contributed by atoms with van der Waals surface area (Å²) in [5, 5.41) is 3.27. The third-order valence-electron chi connectivity index (χ3n) is 4.28. The summed E-state index contributed by atoms with van der Waals surface area (Å²) in [6.07, 6.45) is 0.371. The van der Waals surface area contributed by atoms with Crippen LogP contribution in [0.25, 0.3) is 0 Å². The van der Waals surface area contributed by atoms with E-state index in [1.54, 1.807) is 13.0 Å². The van der Waals surface area contributed by atoms with E-state index in [0.29, 0.717) is 23.9 Å². The SMILES string of the molecule is CCc1cc(NC[C@H]2CC[C@H](N)CC2)ccc1C(F)(F)F. The monoisotopic (exact) mass is 300 g/mol. The maximum absolute atomic E-state index is 12.8. The van der Waals surface area contributed by atoms with Gasteiger partial charge in [-0.3, -0.25) is 0 Å². The fourth-order valence-corrected chi connectivity index (χ4v) is 2.93. The predicted octanol–water partition coefficient (Wildman–Crippen LogP) is 4.20. The van der Waals surface area contributed by atoms with Crippen molar-refractivity contribution in [3.05, 3.63) is 29.3 Å². The van der Waals surface area contributed by atoms with Crippen LogP contribution in [0.1, 0.15) is 43.7 Å². The Kier molecular flexibility index (Phi) is 5.14. The highest BCUT2D eigenvalue weighted by molar-refractivity contribution is 5.49. The van der Waals surface area contributed by atoms with Gasteiger partial charge in [-0.1, -0.05) is 6.92 Å². The number of anilines is 1. The van der Waals surface area contributed by atoms with Crippen molar-refractivity contribution in [2.75, 3.05) is 11.9 Å². The first-order valence-corrected chi connectivity index (χ1v) is 7.59. The molecule has 1 aromatic rings. The molecule has 0 bridgehead atoms. The smallest absolute Gasteiger partial charge is 0.385 e. The molecule has 1 aliphatic carbocycles. The fourth-order valence-electron chi connectivity index (χ4n) is 2.93. The zero-order valence-corrected chi connectivity index (χ0v) is 12.3. The molecule has 0 aliphatic heterocycles. The van der Waals surface area contributed by atoms with Gasteiger partial charge in [0.15, 0.2) is 0 Å². The quantitative estimate of drug-likeness (QED) is 0.874. The van der Waals surface area contributed by atoms with Crippen LogP contribution in [0.4, 0.5) is 18.9 Å². The molecule has 1 saturated carbocycles.